The van der Waals surface area contributed by atoms with E-state index < -0.39 is 10.0 Å². The van der Waals surface area contributed by atoms with E-state index in [1.54, 1.807) is 29.4 Å². The van der Waals surface area contributed by atoms with Crippen LogP contribution in [0.2, 0.25) is 0 Å². The second-order valence-corrected chi connectivity index (χ2v) is 7.22. The number of unbranched alkanes of at least 4 members (excludes halogenated alkanes) is 2. The number of hydrogen-bond acceptors (Lipinski definition) is 3. The lowest BCUT2D eigenvalue weighted by molar-refractivity contribution is 0.280. The summed E-state index contributed by atoms with van der Waals surface area (Å²) in [6.45, 7) is 6.85. The lowest BCUT2D eigenvalue weighted by Crippen LogP contribution is -2.33. The van der Waals surface area contributed by atoms with E-state index in [4.69, 9.17) is 0 Å². The molecule has 0 radical (unpaired) electrons. The number of aliphatic hydroxyl groups excluding tert-OH is 1. The van der Waals surface area contributed by atoms with Crippen LogP contribution in [-0.4, -0.2) is 30.9 Å². The first kappa shape index (κ1) is 18.1. The van der Waals surface area contributed by atoms with E-state index in [0.717, 1.165) is 25.7 Å². The minimum atomic E-state index is -3.49. The molecule has 0 spiro atoms. The molecule has 0 aromatic heterocycles. The van der Waals surface area contributed by atoms with Gasteiger partial charge in [0.1, 0.15) is 0 Å². The molecule has 1 aromatic carbocycles. The van der Waals surface area contributed by atoms with Crippen molar-refractivity contribution in [2.24, 2.45) is 0 Å². The molecule has 120 valence electrons. The Balaban J connectivity index is 3.15. The number of nitrogens with zero attached hydrogens (tertiary/aromatic N) is 1. The summed E-state index contributed by atoms with van der Waals surface area (Å²) in [5.74, 6) is 0. The van der Waals surface area contributed by atoms with E-state index in [0.29, 0.717) is 29.1 Å². The summed E-state index contributed by atoms with van der Waals surface area (Å²) in [5, 5.41) is 9.32. The molecule has 0 atom stereocenters. The van der Waals surface area contributed by atoms with Crippen LogP contribution in [-0.2, 0) is 16.6 Å². The van der Waals surface area contributed by atoms with Gasteiger partial charge in [-0.2, -0.15) is 4.31 Å². The second kappa shape index (κ2) is 8.51. The van der Waals surface area contributed by atoms with Gasteiger partial charge in [0.05, 0.1) is 11.5 Å². The molecule has 0 aliphatic heterocycles. The van der Waals surface area contributed by atoms with Crippen LogP contribution in [0.4, 0.5) is 0 Å². The van der Waals surface area contributed by atoms with E-state index in [2.05, 4.69) is 13.8 Å². The Morgan fingerprint density at radius 3 is 2.14 bits per heavy atom. The molecule has 0 bridgehead atoms. The largest absolute Gasteiger partial charge is 0.392 e. The molecule has 1 N–H and O–H groups in total. The summed E-state index contributed by atoms with van der Waals surface area (Å²) in [6, 6.07) is 5.09. The Morgan fingerprint density at radius 2 is 1.67 bits per heavy atom. The van der Waals surface area contributed by atoms with Crippen LogP contribution in [0.15, 0.2) is 23.1 Å². The molecule has 5 heteroatoms. The highest BCUT2D eigenvalue weighted by Crippen LogP contribution is 2.23. The Labute approximate surface area is 128 Å². The van der Waals surface area contributed by atoms with E-state index in [9.17, 15) is 13.5 Å². The molecule has 4 nitrogen and oxygen atoms in total. The zero-order valence-electron chi connectivity index (χ0n) is 13.3. The monoisotopic (exact) mass is 313 g/mol. The number of benzene rings is 1. The fourth-order valence-electron chi connectivity index (χ4n) is 2.27. The van der Waals surface area contributed by atoms with Gasteiger partial charge in [-0.15, -0.1) is 0 Å². The van der Waals surface area contributed by atoms with Crippen molar-refractivity contribution in [2.45, 2.75) is 58.0 Å². The average molecular weight is 313 g/mol. The van der Waals surface area contributed by atoms with Gasteiger partial charge in [-0.3, -0.25) is 0 Å². The van der Waals surface area contributed by atoms with Gasteiger partial charge < -0.3 is 5.11 Å². The molecule has 0 amide bonds. The number of rotatable bonds is 9. The van der Waals surface area contributed by atoms with Gasteiger partial charge in [-0.1, -0.05) is 38.8 Å². The summed E-state index contributed by atoms with van der Waals surface area (Å²) < 4.78 is 27.3. The second-order valence-electron chi connectivity index (χ2n) is 5.31. The van der Waals surface area contributed by atoms with Crippen molar-refractivity contribution in [1.29, 1.82) is 0 Å². The molecule has 0 saturated carbocycles. The van der Waals surface area contributed by atoms with E-state index in [1.165, 1.54) is 0 Å². The Kier molecular flexibility index (Phi) is 7.35. The van der Waals surface area contributed by atoms with E-state index in [-0.39, 0.29) is 6.61 Å². The summed E-state index contributed by atoms with van der Waals surface area (Å²) in [6.07, 6.45) is 3.66. The highest BCUT2D eigenvalue weighted by Gasteiger charge is 2.25. The molecular weight excluding hydrogens is 286 g/mol. The van der Waals surface area contributed by atoms with Gasteiger partial charge in [0.2, 0.25) is 10.0 Å². The molecule has 1 rings (SSSR count). The average Bonchev–Trinajstić information content (AvgIpc) is 2.47. The molecule has 0 heterocycles. The summed E-state index contributed by atoms with van der Waals surface area (Å²) in [4.78, 5) is 0.321. The fourth-order valence-corrected chi connectivity index (χ4v) is 4.06. The quantitative estimate of drug-likeness (QED) is 0.762. The van der Waals surface area contributed by atoms with Crippen molar-refractivity contribution in [3.63, 3.8) is 0 Å². The van der Waals surface area contributed by atoms with E-state index in [1.807, 2.05) is 0 Å². The van der Waals surface area contributed by atoms with Crippen LogP contribution in [0, 0.1) is 6.92 Å². The third kappa shape index (κ3) is 4.53. The zero-order chi connectivity index (χ0) is 15.9. The molecule has 0 fully saturated rings. The lowest BCUT2D eigenvalue weighted by Gasteiger charge is -2.23. The molecule has 1 aromatic rings. The van der Waals surface area contributed by atoms with Crippen molar-refractivity contribution < 1.29 is 13.5 Å². The van der Waals surface area contributed by atoms with E-state index >= 15 is 0 Å². The van der Waals surface area contributed by atoms with Crippen molar-refractivity contribution in [3.05, 3.63) is 29.3 Å². The molecule has 21 heavy (non-hydrogen) atoms. The first-order valence-electron chi connectivity index (χ1n) is 7.68. The maximum atomic E-state index is 12.9. The number of sulfonamides is 1. The predicted molar refractivity (Wildman–Crippen MR) is 85.7 cm³/mol. The smallest absolute Gasteiger partial charge is 0.243 e. The van der Waals surface area contributed by atoms with Crippen LogP contribution >= 0.6 is 0 Å². The number of aliphatic hydroxyl groups is 1. The standard InChI is InChI=1S/C16H27NO3S/c1-4-6-11-17(12-7-5-2)21(19,20)16-10-8-9-15(13-18)14(16)3/h8-10,18H,4-7,11-13H2,1-3H3. The first-order valence-corrected chi connectivity index (χ1v) is 9.12. The first-order chi connectivity index (χ1) is 9.98. The maximum absolute atomic E-state index is 12.9. The molecule has 0 unspecified atom stereocenters. The Bertz CT molecular complexity index is 532. The van der Waals surface area contributed by atoms with Crippen molar-refractivity contribution in [1.82, 2.24) is 4.31 Å². The summed E-state index contributed by atoms with van der Waals surface area (Å²) in [5.41, 5.74) is 1.32. The minimum Gasteiger partial charge on any atom is -0.392 e. The molecule has 0 aliphatic carbocycles. The van der Waals surface area contributed by atoms with Crippen LogP contribution in [0.3, 0.4) is 0 Å². The third-order valence-corrected chi connectivity index (χ3v) is 5.75. The van der Waals surface area contributed by atoms with Gasteiger partial charge in [-0.05, 0) is 37.0 Å². The van der Waals surface area contributed by atoms with Gasteiger partial charge >= 0.3 is 0 Å². The normalized spacial score (nSPS) is 12.0. The summed E-state index contributed by atoms with van der Waals surface area (Å²) >= 11 is 0. The van der Waals surface area contributed by atoms with Crippen LogP contribution in [0.5, 0.6) is 0 Å². The van der Waals surface area contributed by atoms with Gasteiger partial charge in [0.25, 0.3) is 0 Å². The van der Waals surface area contributed by atoms with Crippen LogP contribution in [0.25, 0.3) is 0 Å². The van der Waals surface area contributed by atoms with Gasteiger partial charge in [-0.25, -0.2) is 8.42 Å². The van der Waals surface area contributed by atoms with Crippen LogP contribution < -0.4 is 0 Å². The van der Waals surface area contributed by atoms with Crippen molar-refractivity contribution in [3.8, 4) is 0 Å². The SMILES string of the molecule is CCCCN(CCCC)S(=O)(=O)c1cccc(CO)c1C. The Hall–Kier alpha value is -0.910. The topological polar surface area (TPSA) is 57.6 Å². The summed E-state index contributed by atoms with van der Waals surface area (Å²) in [7, 11) is -3.49. The maximum Gasteiger partial charge on any atom is 0.243 e. The molecule has 0 saturated heterocycles. The molecule has 0 aliphatic rings. The van der Waals surface area contributed by atoms with Crippen LogP contribution in [0.1, 0.15) is 50.7 Å². The predicted octanol–water partition coefficient (Wildman–Crippen LogP) is 3.08. The number of hydrogen-bond donors (Lipinski definition) is 1. The van der Waals surface area contributed by atoms with Gasteiger partial charge in [0.15, 0.2) is 0 Å². The Morgan fingerprint density at radius 1 is 1.10 bits per heavy atom. The third-order valence-electron chi connectivity index (χ3n) is 3.71. The highest BCUT2D eigenvalue weighted by atomic mass is 32.2. The van der Waals surface area contributed by atoms with Crippen molar-refractivity contribution in [2.75, 3.05) is 13.1 Å². The van der Waals surface area contributed by atoms with Gasteiger partial charge in [0, 0.05) is 13.1 Å². The zero-order valence-corrected chi connectivity index (χ0v) is 14.1. The fraction of sp³-hybridized carbons (Fsp3) is 0.625. The highest BCUT2D eigenvalue weighted by molar-refractivity contribution is 7.89. The minimum absolute atomic E-state index is 0.140. The molecular formula is C16H27NO3S. The van der Waals surface area contributed by atoms with Crippen molar-refractivity contribution >= 4 is 10.0 Å². The lowest BCUT2D eigenvalue weighted by atomic mass is 10.1.